The lowest BCUT2D eigenvalue weighted by Crippen LogP contribution is -1.88. The second-order valence-electron chi connectivity index (χ2n) is 1.85. The van der Waals surface area contributed by atoms with E-state index in [4.69, 9.17) is 0 Å². The van der Waals surface area contributed by atoms with Crippen LogP contribution in [0.4, 0.5) is 0 Å². The molecule has 0 nitrogen and oxygen atoms in total. The van der Waals surface area contributed by atoms with Gasteiger partial charge in [-0.05, 0) is 11.2 Å². The van der Waals surface area contributed by atoms with E-state index in [-0.39, 0.29) is 0 Å². The molecule has 0 heterocycles. The second-order valence-corrected chi connectivity index (χ2v) is 5.54. The van der Waals surface area contributed by atoms with Gasteiger partial charge >= 0.3 is 0 Å². The van der Waals surface area contributed by atoms with Crippen molar-refractivity contribution >= 4 is 35.3 Å². The van der Waals surface area contributed by atoms with E-state index < -0.39 is 0 Å². The molecular weight excluding hydrogens is 192 g/mol. The van der Waals surface area contributed by atoms with Crippen LogP contribution in [-0.2, 0) is 0 Å². The molecule has 0 saturated carbocycles. The van der Waals surface area contributed by atoms with E-state index in [0.717, 1.165) is 0 Å². The molecule has 0 N–H and O–H groups in total. The first-order valence-corrected chi connectivity index (χ1v) is 7.15. The molecule has 0 rings (SSSR count). The van der Waals surface area contributed by atoms with Gasteiger partial charge in [0, 0.05) is 23.0 Å². The highest BCUT2D eigenvalue weighted by molar-refractivity contribution is 8.05. The Morgan fingerprint density at radius 1 is 1.09 bits per heavy atom. The normalized spacial score (nSPS) is 9.91. The van der Waals surface area contributed by atoms with E-state index in [2.05, 4.69) is 13.5 Å². The monoisotopic (exact) mass is 208 g/mol. The third-order valence-electron chi connectivity index (χ3n) is 1.04. The van der Waals surface area contributed by atoms with Crippen LogP contribution in [-0.4, -0.2) is 28.8 Å². The van der Waals surface area contributed by atoms with Gasteiger partial charge < -0.3 is 0 Å². The molecule has 0 unspecified atom stereocenters. The average Bonchev–Trinajstić information content (AvgIpc) is 2.03. The van der Waals surface area contributed by atoms with Crippen LogP contribution in [0.5, 0.6) is 0 Å². The fraction of sp³-hybridized carbons (Fsp3) is 0.750. The minimum absolute atomic E-state index is 1.21. The summed E-state index contributed by atoms with van der Waals surface area (Å²) < 4.78 is 0. The summed E-state index contributed by atoms with van der Waals surface area (Å²) in [6, 6.07) is 0. The zero-order valence-electron chi connectivity index (χ0n) is 7.04. The molecule has 0 aromatic heterocycles. The summed E-state index contributed by atoms with van der Waals surface area (Å²) in [6.07, 6.45) is 0. The molecule has 0 saturated heterocycles. The molecule has 0 fully saturated rings. The Hall–Kier alpha value is 0.790. The van der Waals surface area contributed by atoms with E-state index >= 15 is 0 Å². The minimum atomic E-state index is 1.21. The van der Waals surface area contributed by atoms with Gasteiger partial charge in [0.1, 0.15) is 0 Å². The lowest BCUT2D eigenvalue weighted by molar-refractivity contribution is 1.46. The topological polar surface area (TPSA) is 0 Å². The Labute approximate surface area is 83.0 Å². The summed E-state index contributed by atoms with van der Waals surface area (Å²) in [5.74, 6) is 6.34. The van der Waals surface area contributed by atoms with Gasteiger partial charge in [-0.15, -0.1) is 11.8 Å². The van der Waals surface area contributed by atoms with Crippen LogP contribution < -0.4 is 0 Å². The SMILES string of the molecule is C=CSCCSCCSCC. The Bertz CT molecular complexity index is 83.4. The number of hydrogen-bond acceptors (Lipinski definition) is 3. The van der Waals surface area contributed by atoms with Gasteiger partial charge in [0.2, 0.25) is 0 Å². The first-order valence-electron chi connectivity index (χ1n) is 3.79. The average molecular weight is 208 g/mol. The molecule has 0 bridgehead atoms. The summed E-state index contributed by atoms with van der Waals surface area (Å²) in [4.78, 5) is 0. The van der Waals surface area contributed by atoms with Crippen LogP contribution in [0.3, 0.4) is 0 Å². The molecule has 0 aliphatic heterocycles. The Balaban J connectivity index is 2.74. The lowest BCUT2D eigenvalue weighted by atomic mass is 10.9. The standard InChI is InChI=1S/C8H16S3/c1-3-9-5-7-11-8-6-10-4-2/h3H,1,4-8H2,2H3. The van der Waals surface area contributed by atoms with Crippen molar-refractivity contribution in [3.63, 3.8) is 0 Å². The third-order valence-corrected chi connectivity index (χ3v) is 4.12. The van der Waals surface area contributed by atoms with E-state index in [9.17, 15) is 0 Å². The molecule has 3 heteroatoms. The fourth-order valence-corrected chi connectivity index (χ4v) is 3.01. The highest BCUT2D eigenvalue weighted by Crippen LogP contribution is 2.09. The molecule has 0 aromatic carbocycles. The fourth-order valence-electron chi connectivity index (χ4n) is 0.555. The number of thioether (sulfide) groups is 3. The van der Waals surface area contributed by atoms with Crippen LogP contribution in [0.1, 0.15) is 6.92 Å². The Morgan fingerprint density at radius 3 is 2.36 bits per heavy atom. The van der Waals surface area contributed by atoms with Gasteiger partial charge in [0.15, 0.2) is 0 Å². The largest absolute Gasteiger partial charge is 0.161 e. The van der Waals surface area contributed by atoms with Gasteiger partial charge in [-0.2, -0.15) is 23.5 Å². The van der Waals surface area contributed by atoms with Crippen LogP contribution in [0.25, 0.3) is 0 Å². The maximum atomic E-state index is 3.66. The predicted molar refractivity (Wildman–Crippen MR) is 63.0 cm³/mol. The number of hydrogen-bond donors (Lipinski definition) is 0. The maximum Gasteiger partial charge on any atom is 0.00649 e. The zero-order chi connectivity index (χ0) is 8.36. The second kappa shape index (κ2) is 10.8. The minimum Gasteiger partial charge on any atom is -0.161 e. The van der Waals surface area contributed by atoms with Crippen molar-refractivity contribution in [1.82, 2.24) is 0 Å². The summed E-state index contributed by atoms with van der Waals surface area (Å²) in [6.45, 7) is 5.87. The van der Waals surface area contributed by atoms with Crippen molar-refractivity contribution in [2.24, 2.45) is 0 Å². The lowest BCUT2D eigenvalue weighted by Gasteiger charge is -1.98. The van der Waals surface area contributed by atoms with E-state index in [1.54, 1.807) is 0 Å². The van der Waals surface area contributed by atoms with E-state index in [1.807, 2.05) is 40.7 Å². The van der Waals surface area contributed by atoms with Gasteiger partial charge in [-0.3, -0.25) is 0 Å². The van der Waals surface area contributed by atoms with Crippen molar-refractivity contribution in [1.29, 1.82) is 0 Å². The molecule has 0 amide bonds. The molecule has 0 radical (unpaired) electrons. The van der Waals surface area contributed by atoms with Crippen LogP contribution in [0.15, 0.2) is 12.0 Å². The summed E-state index contributed by atoms with van der Waals surface area (Å²) in [7, 11) is 0. The van der Waals surface area contributed by atoms with Crippen molar-refractivity contribution in [2.45, 2.75) is 6.92 Å². The maximum absolute atomic E-state index is 3.66. The third kappa shape index (κ3) is 10.8. The molecule has 0 atom stereocenters. The summed E-state index contributed by atoms with van der Waals surface area (Å²) in [5.41, 5.74) is 0. The van der Waals surface area contributed by atoms with Gasteiger partial charge in [0.25, 0.3) is 0 Å². The molecule has 11 heavy (non-hydrogen) atoms. The summed E-state index contributed by atoms with van der Waals surface area (Å²) >= 11 is 5.88. The number of rotatable bonds is 8. The van der Waals surface area contributed by atoms with Crippen LogP contribution in [0, 0.1) is 0 Å². The van der Waals surface area contributed by atoms with Crippen LogP contribution >= 0.6 is 35.3 Å². The zero-order valence-corrected chi connectivity index (χ0v) is 9.49. The smallest absolute Gasteiger partial charge is 0.00649 e. The van der Waals surface area contributed by atoms with E-state index in [0.29, 0.717) is 0 Å². The molecule has 0 spiro atoms. The van der Waals surface area contributed by atoms with Crippen LogP contribution in [0.2, 0.25) is 0 Å². The van der Waals surface area contributed by atoms with Gasteiger partial charge in [-0.25, -0.2) is 0 Å². The molecule has 0 aliphatic carbocycles. The van der Waals surface area contributed by atoms with Crippen molar-refractivity contribution in [2.75, 3.05) is 28.8 Å². The quantitative estimate of drug-likeness (QED) is 0.562. The van der Waals surface area contributed by atoms with Gasteiger partial charge in [-0.1, -0.05) is 13.5 Å². The predicted octanol–water partition coefficient (Wildman–Crippen LogP) is 3.35. The first kappa shape index (κ1) is 11.8. The highest BCUT2D eigenvalue weighted by Gasteiger charge is 1.88. The molecule has 0 aromatic rings. The highest BCUT2D eigenvalue weighted by atomic mass is 32.2. The Morgan fingerprint density at radius 2 is 1.73 bits per heavy atom. The molecule has 66 valence electrons. The first-order chi connectivity index (χ1) is 5.41. The van der Waals surface area contributed by atoms with Crippen molar-refractivity contribution in [3.05, 3.63) is 12.0 Å². The molecule has 0 aliphatic rings. The van der Waals surface area contributed by atoms with Gasteiger partial charge in [0.05, 0.1) is 0 Å². The van der Waals surface area contributed by atoms with E-state index in [1.165, 1.54) is 28.8 Å². The molecular formula is C8H16S3. The van der Waals surface area contributed by atoms with Crippen molar-refractivity contribution in [3.8, 4) is 0 Å². The Kier molecular flexibility index (Phi) is 11.6. The van der Waals surface area contributed by atoms with Crippen molar-refractivity contribution < 1.29 is 0 Å². The summed E-state index contributed by atoms with van der Waals surface area (Å²) in [5, 5.41) is 1.92.